The smallest absolute Gasteiger partial charge is 0.322 e. The lowest BCUT2D eigenvalue weighted by molar-refractivity contribution is -0.00364. The van der Waals surface area contributed by atoms with Gasteiger partial charge in [0.1, 0.15) is 0 Å². The number of aliphatic hydroxyl groups is 1. The van der Waals surface area contributed by atoms with Gasteiger partial charge in [0.2, 0.25) is 0 Å². The molecule has 25 heavy (non-hydrogen) atoms. The minimum atomic E-state index is -0.738. The molecule has 4 rings (SSSR count). The Balaban J connectivity index is 1.57. The van der Waals surface area contributed by atoms with E-state index in [1.54, 1.807) is 9.80 Å². The maximum absolute atomic E-state index is 13.0. The van der Waals surface area contributed by atoms with E-state index in [2.05, 4.69) is 5.32 Å². The molecule has 6 nitrogen and oxygen atoms in total. The predicted octanol–water partition coefficient (Wildman–Crippen LogP) is 1.76. The second-order valence-electron chi connectivity index (χ2n) is 7.74. The third-order valence-electron chi connectivity index (χ3n) is 5.97. The summed E-state index contributed by atoms with van der Waals surface area (Å²) in [6.45, 7) is 6.19. The molecule has 3 amide bonds. The zero-order valence-electron chi connectivity index (χ0n) is 14.8. The van der Waals surface area contributed by atoms with Crippen molar-refractivity contribution >= 4 is 17.6 Å². The van der Waals surface area contributed by atoms with Crippen LogP contribution in [0.4, 0.5) is 10.5 Å². The Kier molecular flexibility index (Phi) is 3.76. The third kappa shape index (κ3) is 2.68. The van der Waals surface area contributed by atoms with Gasteiger partial charge in [-0.05, 0) is 43.4 Å². The van der Waals surface area contributed by atoms with Gasteiger partial charge in [-0.15, -0.1) is 0 Å². The molecule has 1 aromatic carbocycles. The molecule has 0 spiro atoms. The summed E-state index contributed by atoms with van der Waals surface area (Å²) in [7, 11) is 0. The van der Waals surface area contributed by atoms with Crippen LogP contribution in [-0.2, 0) is 0 Å². The van der Waals surface area contributed by atoms with Crippen LogP contribution in [0.1, 0.15) is 35.7 Å². The SMILES string of the molecule is Cc1ccc(C(=O)N2CC(C)C(O)(C3CC3)C2)cc1N1CCNC1=O. The molecule has 2 unspecified atom stereocenters. The summed E-state index contributed by atoms with van der Waals surface area (Å²) >= 11 is 0. The number of carbonyl (C=O) groups excluding carboxylic acids is 2. The first kappa shape index (κ1) is 16.4. The van der Waals surface area contributed by atoms with E-state index in [-0.39, 0.29) is 17.9 Å². The number of amides is 3. The number of likely N-dealkylation sites (tertiary alicyclic amines) is 1. The third-order valence-corrected chi connectivity index (χ3v) is 5.97. The molecule has 2 heterocycles. The summed E-state index contributed by atoms with van der Waals surface area (Å²) in [5.41, 5.74) is 1.59. The number of β-amino-alcohol motifs (C(OH)–C–C–N with tert-alkyl or cyclic N) is 1. The number of rotatable bonds is 3. The Bertz CT molecular complexity index is 731. The van der Waals surface area contributed by atoms with Crippen molar-refractivity contribution in [3.63, 3.8) is 0 Å². The van der Waals surface area contributed by atoms with E-state index in [1.807, 2.05) is 32.0 Å². The number of hydrogen-bond donors (Lipinski definition) is 2. The second kappa shape index (κ2) is 5.73. The zero-order valence-corrected chi connectivity index (χ0v) is 14.8. The van der Waals surface area contributed by atoms with Crippen molar-refractivity contribution < 1.29 is 14.7 Å². The van der Waals surface area contributed by atoms with Crippen molar-refractivity contribution in [1.29, 1.82) is 0 Å². The molecule has 2 saturated heterocycles. The van der Waals surface area contributed by atoms with Crippen LogP contribution in [0.25, 0.3) is 0 Å². The van der Waals surface area contributed by atoms with Gasteiger partial charge < -0.3 is 15.3 Å². The lowest BCUT2D eigenvalue weighted by Crippen LogP contribution is -2.40. The van der Waals surface area contributed by atoms with Crippen LogP contribution < -0.4 is 10.2 Å². The van der Waals surface area contributed by atoms with Crippen molar-refractivity contribution in [1.82, 2.24) is 10.2 Å². The molecule has 6 heteroatoms. The summed E-state index contributed by atoms with van der Waals surface area (Å²) in [6.07, 6.45) is 2.11. The van der Waals surface area contributed by atoms with Crippen molar-refractivity contribution in [2.45, 2.75) is 32.3 Å². The van der Waals surface area contributed by atoms with Gasteiger partial charge in [0.15, 0.2) is 0 Å². The van der Waals surface area contributed by atoms with Crippen LogP contribution >= 0.6 is 0 Å². The van der Waals surface area contributed by atoms with Gasteiger partial charge >= 0.3 is 6.03 Å². The normalized spacial score (nSPS) is 29.2. The molecule has 1 aromatic rings. The van der Waals surface area contributed by atoms with Gasteiger partial charge in [-0.25, -0.2) is 4.79 Å². The number of aryl methyl sites for hydroxylation is 1. The summed E-state index contributed by atoms with van der Waals surface area (Å²) in [5.74, 6) is 0.365. The summed E-state index contributed by atoms with van der Waals surface area (Å²) < 4.78 is 0. The zero-order chi connectivity index (χ0) is 17.8. The lowest BCUT2D eigenvalue weighted by Gasteiger charge is -2.26. The van der Waals surface area contributed by atoms with E-state index in [9.17, 15) is 14.7 Å². The first-order valence-electron chi connectivity index (χ1n) is 9.08. The van der Waals surface area contributed by atoms with Gasteiger partial charge in [0.05, 0.1) is 12.1 Å². The van der Waals surface area contributed by atoms with E-state index in [1.165, 1.54) is 0 Å². The molecule has 134 valence electrons. The molecule has 0 aromatic heterocycles. The van der Waals surface area contributed by atoms with E-state index in [4.69, 9.17) is 0 Å². The molecular weight excluding hydrogens is 318 g/mol. The first-order valence-corrected chi connectivity index (χ1v) is 9.08. The number of nitrogens with zero attached hydrogens (tertiary/aromatic N) is 2. The molecule has 2 aliphatic heterocycles. The lowest BCUT2D eigenvalue weighted by atomic mass is 9.88. The quantitative estimate of drug-likeness (QED) is 0.878. The maximum Gasteiger partial charge on any atom is 0.322 e. The highest BCUT2D eigenvalue weighted by Gasteiger charge is 2.53. The van der Waals surface area contributed by atoms with Crippen molar-refractivity contribution in [3.05, 3.63) is 29.3 Å². The van der Waals surface area contributed by atoms with E-state index >= 15 is 0 Å². The molecule has 2 atom stereocenters. The van der Waals surface area contributed by atoms with Crippen molar-refractivity contribution in [2.75, 3.05) is 31.1 Å². The topological polar surface area (TPSA) is 72.9 Å². The van der Waals surface area contributed by atoms with E-state index in [0.717, 1.165) is 24.1 Å². The van der Waals surface area contributed by atoms with Crippen molar-refractivity contribution in [3.8, 4) is 0 Å². The number of anilines is 1. The summed E-state index contributed by atoms with van der Waals surface area (Å²) in [6, 6.07) is 5.39. The number of benzene rings is 1. The average molecular weight is 343 g/mol. The fourth-order valence-electron chi connectivity index (χ4n) is 4.20. The van der Waals surface area contributed by atoms with Crippen LogP contribution in [0.3, 0.4) is 0 Å². The number of urea groups is 1. The fraction of sp³-hybridized carbons (Fsp3) is 0.579. The monoisotopic (exact) mass is 343 g/mol. The highest BCUT2D eigenvalue weighted by atomic mass is 16.3. The highest BCUT2D eigenvalue weighted by Crippen LogP contribution is 2.47. The van der Waals surface area contributed by atoms with Crippen LogP contribution in [-0.4, -0.2) is 53.7 Å². The fourth-order valence-corrected chi connectivity index (χ4v) is 4.20. The molecule has 2 N–H and O–H groups in total. The number of hydrogen-bond acceptors (Lipinski definition) is 3. The van der Waals surface area contributed by atoms with Gasteiger partial charge in [0.25, 0.3) is 5.91 Å². The Morgan fingerprint density at radius 3 is 2.76 bits per heavy atom. The Morgan fingerprint density at radius 2 is 2.12 bits per heavy atom. The van der Waals surface area contributed by atoms with Crippen LogP contribution in [0, 0.1) is 18.8 Å². The van der Waals surface area contributed by atoms with Crippen LogP contribution in [0.5, 0.6) is 0 Å². The van der Waals surface area contributed by atoms with Gasteiger partial charge in [-0.1, -0.05) is 13.0 Å². The largest absolute Gasteiger partial charge is 0.387 e. The number of carbonyl (C=O) groups is 2. The first-order chi connectivity index (χ1) is 11.9. The Hall–Kier alpha value is -2.08. The summed E-state index contributed by atoms with van der Waals surface area (Å²) in [5, 5.41) is 13.7. The van der Waals surface area contributed by atoms with Gasteiger partial charge in [-0.2, -0.15) is 0 Å². The Morgan fingerprint density at radius 1 is 1.36 bits per heavy atom. The van der Waals surface area contributed by atoms with Gasteiger partial charge in [-0.3, -0.25) is 9.69 Å². The molecule has 1 aliphatic carbocycles. The van der Waals surface area contributed by atoms with Crippen LogP contribution in [0.15, 0.2) is 18.2 Å². The minimum Gasteiger partial charge on any atom is -0.387 e. The molecule has 3 fully saturated rings. The standard InChI is InChI=1S/C19H25N3O3/c1-12-3-4-14(9-16(12)22-8-7-20-18(22)24)17(23)21-10-13(2)19(25,11-21)15-5-6-15/h3-4,9,13,15,25H,5-8,10-11H2,1-2H3,(H,20,24). The van der Waals surface area contributed by atoms with Crippen molar-refractivity contribution in [2.24, 2.45) is 11.8 Å². The minimum absolute atomic E-state index is 0.0655. The van der Waals surface area contributed by atoms with Gasteiger partial charge in [0, 0.05) is 36.8 Å². The maximum atomic E-state index is 13.0. The average Bonchev–Trinajstić information content (AvgIpc) is 3.30. The van der Waals surface area contributed by atoms with E-state index < -0.39 is 5.60 Å². The molecule has 3 aliphatic rings. The highest BCUT2D eigenvalue weighted by molar-refractivity contribution is 5.99. The second-order valence-corrected chi connectivity index (χ2v) is 7.74. The molecule has 0 bridgehead atoms. The molecular formula is C19H25N3O3. The van der Waals surface area contributed by atoms with E-state index in [0.29, 0.717) is 37.7 Å². The summed E-state index contributed by atoms with van der Waals surface area (Å²) in [4.78, 5) is 28.4. The molecule has 0 radical (unpaired) electrons. The predicted molar refractivity (Wildman–Crippen MR) is 94.7 cm³/mol. The Labute approximate surface area is 147 Å². The number of nitrogens with one attached hydrogen (secondary N) is 1. The van der Waals surface area contributed by atoms with Crippen LogP contribution in [0.2, 0.25) is 0 Å². The molecule has 1 saturated carbocycles.